The first-order valence-corrected chi connectivity index (χ1v) is 10.4. The molecule has 0 atom stereocenters. The zero-order chi connectivity index (χ0) is 20.6. The molecule has 150 valence electrons. The number of carbonyl (C=O) groups excluding carboxylic acids is 2. The maximum Gasteiger partial charge on any atom is 0.253 e. The highest BCUT2D eigenvalue weighted by Gasteiger charge is 2.13. The number of furan rings is 1. The van der Waals surface area contributed by atoms with Gasteiger partial charge in [0.1, 0.15) is 5.76 Å². The van der Waals surface area contributed by atoms with Crippen molar-refractivity contribution in [2.75, 3.05) is 11.1 Å². The minimum atomic E-state index is -0.262. The fourth-order valence-electron chi connectivity index (χ4n) is 2.74. The predicted octanol–water partition coefficient (Wildman–Crippen LogP) is 4.95. The van der Waals surface area contributed by atoms with E-state index in [2.05, 4.69) is 42.7 Å². The Balaban J connectivity index is 1.53. The molecule has 2 aromatic carbocycles. The van der Waals surface area contributed by atoms with E-state index < -0.39 is 0 Å². The lowest BCUT2D eigenvalue weighted by Crippen LogP contribution is -2.24. The van der Waals surface area contributed by atoms with Crippen molar-refractivity contribution in [3.63, 3.8) is 0 Å². The Morgan fingerprint density at radius 1 is 1.00 bits per heavy atom. The van der Waals surface area contributed by atoms with E-state index in [1.807, 2.05) is 0 Å². The van der Waals surface area contributed by atoms with Crippen LogP contribution in [0, 0.1) is 13.8 Å². The van der Waals surface area contributed by atoms with Gasteiger partial charge in [-0.25, -0.2) is 0 Å². The average molecular weight is 409 g/mol. The number of anilines is 1. The number of thioether (sulfide) groups is 1. The van der Waals surface area contributed by atoms with E-state index in [1.165, 1.54) is 11.1 Å². The second-order valence-electron chi connectivity index (χ2n) is 6.70. The lowest BCUT2D eigenvalue weighted by atomic mass is 10.1. The number of amides is 2. The van der Waals surface area contributed by atoms with Crippen LogP contribution >= 0.6 is 11.8 Å². The number of rotatable bonds is 8. The molecule has 0 aliphatic carbocycles. The Morgan fingerprint density at radius 3 is 2.59 bits per heavy atom. The van der Waals surface area contributed by atoms with Gasteiger partial charge >= 0.3 is 0 Å². The van der Waals surface area contributed by atoms with Crippen molar-refractivity contribution in [1.82, 2.24) is 5.32 Å². The molecule has 2 N–H and O–H groups in total. The third kappa shape index (κ3) is 5.99. The van der Waals surface area contributed by atoms with E-state index in [1.54, 1.807) is 54.4 Å². The van der Waals surface area contributed by atoms with E-state index in [-0.39, 0.29) is 11.8 Å². The van der Waals surface area contributed by atoms with Crippen LogP contribution < -0.4 is 10.6 Å². The molecule has 3 aromatic rings. The fraction of sp³-hybridized carbons (Fsp3) is 0.217. The highest BCUT2D eigenvalue weighted by molar-refractivity contribution is 7.99. The third-order valence-electron chi connectivity index (χ3n) is 4.53. The molecule has 6 heteroatoms. The van der Waals surface area contributed by atoms with Crippen LogP contribution in [0.2, 0.25) is 0 Å². The number of para-hydroxylation sites is 1. The second kappa shape index (κ2) is 9.98. The molecule has 0 bridgehead atoms. The van der Waals surface area contributed by atoms with Gasteiger partial charge in [0.2, 0.25) is 5.91 Å². The van der Waals surface area contributed by atoms with Gasteiger partial charge in [0, 0.05) is 17.1 Å². The monoisotopic (exact) mass is 408 g/mol. The van der Waals surface area contributed by atoms with E-state index in [0.717, 1.165) is 4.90 Å². The summed E-state index contributed by atoms with van der Waals surface area (Å²) in [7, 11) is 0. The molecule has 0 radical (unpaired) electrons. The predicted molar refractivity (Wildman–Crippen MR) is 116 cm³/mol. The molecule has 0 unspecified atom stereocenters. The summed E-state index contributed by atoms with van der Waals surface area (Å²) >= 11 is 1.65. The summed E-state index contributed by atoms with van der Waals surface area (Å²) in [5.74, 6) is 0.957. The molecule has 3 rings (SSSR count). The minimum absolute atomic E-state index is 0.118. The number of aryl methyl sites for hydroxylation is 2. The van der Waals surface area contributed by atoms with Crippen molar-refractivity contribution in [3.05, 3.63) is 83.3 Å². The molecular formula is C23H24N2O3S. The summed E-state index contributed by atoms with van der Waals surface area (Å²) in [5, 5.41) is 5.66. The van der Waals surface area contributed by atoms with E-state index in [9.17, 15) is 9.59 Å². The topological polar surface area (TPSA) is 71.3 Å². The van der Waals surface area contributed by atoms with Crippen LogP contribution in [-0.4, -0.2) is 17.6 Å². The van der Waals surface area contributed by atoms with E-state index in [0.29, 0.717) is 35.7 Å². The van der Waals surface area contributed by atoms with Crippen LogP contribution in [0.5, 0.6) is 0 Å². The molecule has 0 spiro atoms. The van der Waals surface area contributed by atoms with Crippen LogP contribution in [0.25, 0.3) is 0 Å². The first kappa shape index (κ1) is 20.7. The summed E-state index contributed by atoms with van der Waals surface area (Å²) in [5.41, 5.74) is 3.43. The van der Waals surface area contributed by atoms with Gasteiger partial charge in [-0.3, -0.25) is 9.59 Å². The highest BCUT2D eigenvalue weighted by atomic mass is 32.2. The Bertz CT molecular complexity index is 984. The Labute approximate surface area is 174 Å². The number of carbonyl (C=O) groups is 2. The number of hydrogen-bond acceptors (Lipinski definition) is 4. The first-order chi connectivity index (χ1) is 14.0. The molecule has 0 fully saturated rings. The van der Waals surface area contributed by atoms with Crippen molar-refractivity contribution in [3.8, 4) is 0 Å². The number of hydrogen-bond donors (Lipinski definition) is 2. The summed E-state index contributed by atoms with van der Waals surface area (Å²) in [4.78, 5) is 26.0. The third-order valence-corrected chi connectivity index (χ3v) is 5.52. The molecule has 1 aromatic heterocycles. The van der Waals surface area contributed by atoms with Gasteiger partial charge in [0.15, 0.2) is 0 Å². The molecule has 0 saturated carbocycles. The maximum absolute atomic E-state index is 12.5. The van der Waals surface area contributed by atoms with Gasteiger partial charge in [-0.1, -0.05) is 18.2 Å². The largest absolute Gasteiger partial charge is 0.467 e. The smallest absolute Gasteiger partial charge is 0.253 e. The second-order valence-corrected chi connectivity index (χ2v) is 7.87. The van der Waals surface area contributed by atoms with Crippen molar-refractivity contribution < 1.29 is 14.0 Å². The molecule has 2 amide bonds. The lowest BCUT2D eigenvalue weighted by Gasteiger charge is -2.11. The minimum Gasteiger partial charge on any atom is -0.467 e. The number of benzene rings is 2. The molecule has 29 heavy (non-hydrogen) atoms. The Kier molecular flexibility index (Phi) is 7.14. The van der Waals surface area contributed by atoms with Crippen molar-refractivity contribution in [1.29, 1.82) is 0 Å². The van der Waals surface area contributed by atoms with Crippen molar-refractivity contribution in [2.45, 2.75) is 31.7 Å². The normalized spacial score (nSPS) is 10.6. The Hall–Kier alpha value is -2.99. The average Bonchev–Trinajstić information content (AvgIpc) is 3.23. The summed E-state index contributed by atoms with van der Waals surface area (Å²) < 4.78 is 5.22. The summed E-state index contributed by atoms with van der Waals surface area (Å²) in [6.07, 6.45) is 1.92. The van der Waals surface area contributed by atoms with Crippen LogP contribution in [0.1, 0.15) is 33.7 Å². The molecule has 0 saturated heterocycles. The first-order valence-electron chi connectivity index (χ1n) is 9.42. The SMILES string of the molecule is Cc1ccc(SCCC(=O)Nc2ccccc2C(=O)NCc2ccco2)cc1C. The zero-order valence-electron chi connectivity index (χ0n) is 16.5. The molecule has 1 heterocycles. The standard InChI is InChI=1S/C23H24N2O3S/c1-16-9-10-19(14-17(16)2)29-13-11-22(26)25-21-8-4-3-7-20(21)23(27)24-15-18-6-5-12-28-18/h3-10,12,14H,11,13,15H2,1-2H3,(H,24,27)(H,25,26). The number of nitrogens with one attached hydrogen (secondary N) is 2. The van der Waals surface area contributed by atoms with E-state index >= 15 is 0 Å². The lowest BCUT2D eigenvalue weighted by molar-refractivity contribution is -0.115. The molecular weight excluding hydrogens is 384 g/mol. The van der Waals surface area contributed by atoms with Crippen LogP contribution in [0.3, 0.4) is 0 Å². The van der Waals surface area contributed by atoms with Crippen molar-refractivity contribution >= 4 is 29.3 Å². The molecule has 0 aliphatic rings. The Morgan fingerprint density at radius 2 is 1.83 bits per heavy atom. The van der Waals surface area contributed by atoms with Gasteiger partial charge in [0.25, 0.3) is 5.91 Å². The molecule has 5 nitrogen and oxygen atoms in total. The van der Waals surface area contributed by atoms with Crippen LogP contribution in [0.15, 0.2) is 70.2 Å². The van der Waals surface area contributed by atoms with Crippen LogP contribution in [0.4, 0.5) is 5.69 Å². The van der Waals surface area contributed by atoms with Gasteiger partial charge < -0.3 is 15.1 Å². The summed E-state index contributed by atoms with van der Waals surface area (Å²) in [6, 6.07) is 16.9. The van der Waals surface area contributed by atoms with E-state index in [4.69, 9.17) is 4.42 Å². The highest BCUT2D eigenvalue weighted by Crippen LogP contribution is 2.22. The zero-order valence-corrected chi connectivity index (χ0v) is 17.3. The van der Waals surface area contributed by atoms with Gasteiger partial charge in [0.05, 0.1) is 24.1 Å². The maximum atomic E-state index is 12.5. The van der Waals surface area contributed by atoms with Gasteiger partial charge in [-0.2, -0.15) is 0 Å². The van der Waals surface area contributed by atoms with Crippen LogP contribution in [-0.2, 0) is 11.3 Å². The van der Waals surface area contributed by atoms with Gasteiger partial charge in [-0.05, 0) is 61.4 Å². The quantitative estimate of drug-likeness (QED) is 0.518. The fourth-order valence-corrected chi connectivity index (χ4v) is 3.69. The van der Waals surface area contributed by atoms with Gasteiger partial charge in [-0.15, -0.1) is 11.8 Å². The van der Waals surface area contributed by atoms with Crippen molar-refractivity contribution in [2.24, 2.45) is 0 Å². The molecule has 0 aliphatic heterocycles. The summed E-state index contributed by atoms with van der Waals surface area (Å²) in [6.45, 7) is 4.46.